The first-order valence-corrected chi connectivity index (χ1v) is 15.8. The maximum absolute atomic E-state index is 13.4. The first kappa shape index (κ1) is 37.9. The Labute approximate surface area is 264 Å². The lowest BCUT2D eigenvalue weighted by Gasteiger charge is -2.28. The van der Waals surface area contributed by atoms with Crippen molar-refractivity contribution in [2.24, 2.45) is 5.73 Å². The van der Waals surface area contributed by atoms with Gasteiger partial charge in [0, 0.05) is 25.2 Å². The van der Waals surface area contributed by atoms with E-state index in [1.807, 2.05) is 0 Å². The van der Waals surface area contributed by atoms with Crippen molar-refractivity contribution in [1.29, 1.82) is 0 Å². The predicted octanol–water partition coefficient (Wildman–Crippen LogP) is 2.11. The van der Waals surface area contributed by atoms with Gasteiger partial charge in [-0.15, -0.1) is 12.4 Å². The molecule has 3 rings (SSSR count). The quantitative estimate of drug-likeness (QED) is 0.136. The summed E-state index contributed by atoms with van der Waals surface area (Å²) in [6.45, 7) is 2.11. The molecule has 0 saturated carbocycles. The number of halogens is 1. The van der Waals surface area contributed by atoms with Gasteiger partial charge in [-0.2, -0.15) is 0 Å². The van der Waals surface area contributed by atoms with Gasteiger partial charge in [-0.05, 0) is 6.42 Å². The third kappa shape index (κ3) is 9.85. The molecule has 5 N–H and O–H groups in total. The lowest BCUT2D eigenvalue weighted by Crippen LogP contribution is -2.53. The Hall–Kier alpha value is -2.29. The number of nitrogens with two attached hydrogens (primary N) is 1. The van der Waals surface area contributed by atoms with Gasteiger partial charge in [-0.1, -0.05) is 84.0 Å². The van der Waals surface area contributed by atoms with Gasteiger partial charge in [0.1, 0.15) is 30.6 Å². The van der Waals surface area contributed by atoms with Crippen molar-refractivity contribution < 1.29 is 34.0 Å². The van der Waals surface area contributed by atoms with Gasteiger partial charge in [0.15, 0.2) is 12.3 Å². The van der Waals surface area contributed by atoms with Crippen LogP contribution in [0.1, 0.15) is 103 Å². The standard InChI is InChI=1S/C30H50N4O9.ClH/c1-3-4-5-6-7-8-9-10-11-12-13-14-15-16-21(36)34-22(19-31)42-26(23(34)29(39)41-2)27-24(37)25(38)28(43-27)33-18-17-20(35)32-30(33)40;/h17-18,22-28,37-38H,3-16,19,31H2,1-2H3,(H,32,35,40);1H/t22-,23+,24+,25-,26+,27+,28-;/m1./s1. The van der Waals surface area contributed by atoms with Crippen LogP contribution in [0.5, 0.6) is 0 Å². The van der Waals surface area contributed by atoms with Gasteiger partial charge < -0.3 is 30.2 Å². The van der Waals surface area contributed by atoms with Crippen molar-refractivity contribution in [3.05, 3.63) is 33.1 Å². The lowest BCUT2D eigenvalue weighted by molar-refractivity contribution is -0.154. The molecule has 1 amide bonds. The van der Waals surface area contributed by atoms with Gasteiger partial charge in [-0.25, -0.2) is 9.59 Å². The summed E-state index contributed by atoms with van der Waals surface area (Å²) < 4.78 is 17.7. The number of carbonyl (C=O) groups excluding carboxylic acids is 2. The maximum atomic E-state index is 13.4. The number of nitrogens with zero attached hydrogens (tertiary/aromatic N) is 2. The minimum absolute atomic E-state index is 0. The molecule has 2 saturated heterocycles. The molecule has 0 aromatic carbocycles. The number of esters is 1. The summed E-state index contributed by atoms with van der Waals surface area (Å²) in [5, 5.41) is 21.6. The Balaban J connectivity index is 0.00000675. The minimum atomic E-state index is -1.60. The van der Waals surface area contributed by atoms with E-state index in [9.17, 15) is 29.4 Å². The highest BCUT2D eigenvalue weighted by Crippen LogP contribution is 2.37. The summed E-state index contributed by atoms with van der Waals surface area (Å²) in [4.78, 5) is 53.4. The molecule has 1 aromatic rings. The van der Waals surface area contributed by atoms with E-state index in [-0.39, 0.29) is 31.3 Å². The van der Waals surface area contributed by atoms with Crippen LogP contribution in [0.15, 0.2) is 21.9 Å². The highest BCUT2D eigenvalue weighted by Gasteiger charge is 2.58. The Morgan fingerprint density at radius 3 is 2.00 bits per heavy atom. The number of H-pyrrole nitrogens is 1. The molecule has 13 nitrogen and oxygen atoms in total. The average molecular weight is 647 g/mol. The fourth-order valence-corrected chi connectivity index (χ4v) is 6.01. The number of methoxy groups -OCH3 is 1. The van der Waals surface area contributed by atoms with Gasteiger partial charge in [0.05, 0.1) is 7.11 Å². The highest BCUT2D eigenvalue weighted by molar-refractivity contribution is 5.86. The number of hydrogen-bond donors (Lipinski definition) is 4. The first-order chi connectivity index (χ1) is 20.7. The second-order valence-electron chi connectivity index (χ2n) is 11.5. The molecule has 0 spiro atoms. The number of amides is 1. The molecule has 0 bridgehead atoms. The van der Waals surface area contributed by atoms with E-state index in [1.165, 1.54) is 69.8 Å². The Morgan fingerprint density at radius 1 is 0.909 bits per heavy atom. The average Bonchev–Trinajstić information content (AvgIpc) is 3.52. The van der Waals surface area contributed by atoms with E-state index in [0.29, 0.717) is 6.42 Å². The summed E-state index contributed by atoms with van der Waals surface area (Å²) >= 11 is 0. The van der Waals surface area contributed by atoms with Crippen molar-refractivity contribution in [3.63, 3.8) is 0 Å². The number of rotatable bonds is 18. The number of unbranched alkanes of at least 4 members (excludes halogenated alkanes) is 12. The summed E-state index contributed by atoms with van der Waals surface area (Å²) in [5.74, 6) is -1.12. The minimum Gasteiger partial charge on any atom is -0.467 e. The number of hydrogen-bond acceptors (Lipinski definition) is 10. The third-order valence-electron chi connectivity index (χ3n) is 8.39. The number of aromatic amines is 1. The molecule has 44 heavy (non-hydrogen) atoms. The molecule has 2 aliphatic rings. The molecule has 0 radical (unpaired) electrons. The SMILES string of the molecule is CCCCCCCCCCCCCCCC(=O)N1[C@H](C(=O)OC)[C@@H]([C@H]2O[C@@H](n3ccc(=O)[nH]c3=O)[C@H](O)[C@@H]2O)O[C@@H]1CN.Cl. The summed E-state index contributed by atoms with van der Waals surface area (Å²) in [6, 6.07) is -0.215. The van der Waals surface area contributed by atoms with Gasteiger partial charge in [0.25, 0.3) is 5.56 Å². The molecule has 14 heteroatoms. The Morgan fingerprint density at radius 2 is 1.48 bits per heavy atom. The molecule has 3 heterocycles. The van der Waals surface area contributed by atoms with Gasteiger partial charge in [0.2, 0.25) is 5.91 Å². The Kier molecular flexibility index (Phi) is 16.6. The van der Waals surface area contributed by atoms with Crippen LogP contribution in [0.2, 0.25) is 0 Å². The number of aromatic nitrogens is 2. The normalized spacial score (nSPS) is 26.5. The maximum Gasteiger partial charge on any atom is 0.331 e. The van der Waals surface area contributed by atoms with Crippen LogP contribution in [-0.2, 0) is 23.8 Å². The van der Waals surface area contributed by atoms with Crippen LogP contribution in [0.25, 0.3) is 0 Å². The van der Waals surface area contributed by atoms with Crippen LogP contribution in [0, 0.1) is 0 Å². The summed E-state index contributed by atoms with van der Waals surface area (Å²) in [5.41, 5.74) is 4.42. The van der Waals surface area contributed by atoms with Gasteiger partial charge >= 0.3 is 11.7 Å². The fraction of sp³-hybridized carbons (Fsp3) is 0.800. The number of aliphatic hydroxyl groups is 2. The van der Waals surface area contributed by atoms with Crippen LogP contribution in [-0.4, -0.2) is 86.9 Å². The lowest BCUT2D eigenvalue weighted by atomic mass is 9.98. The van der Waals surface area contributed by atoms with E-state index < -0.39 is 60.1 Å². The zero-order valence-corrected chi connectivity index (χ0v) is 26.8. The topological polar surface area (TPSA) is 186 Å². The van der Waals surface area contributed by atoms with Crippen molar-refractivity contribution in [3.8, 4) is 0 Å². The van der Waals surface area contributed by atoms with Crippen molar-refractivity contribution in [2.75, 3.05) is 13.7 Å². The third-order valence-corrected chi connectivity index (χ3v) is 8.39. The van der Waals surface area contributed by atoms with Crippen LogP contribution in [0.3, 0.4) is 0 Å². The number of carbonyl (C=O) groups is 2. The Bertz CT molecular complexity index is 1130. The van der Waals surface area contributed by atoms with Crippen molar-refractivity contribution in [1.82, 2.24) is 14.5 Å². The molecular weight excluding hydrogens is 596 g/mol. The molecule has 0 aliphatic carbocycles. The van der Waals surface area contributed by atoms with Crippen LogP contribution in [0.4, 0.5) is 0 Å². The van der Waals surface area contributed by atoms with Crippen molar-refractivity contribution >= 4 is 24.3 Å². The number of ether oxygens (including phenoxy) is 3. The van der Waals surface area contributed by atoms with E-state index in [0.717, 1.165) is 36.1 Å². The fourth-order valence-electron chi connectivity index (χ4n) is 6.01. The second-order valence-corrected chi connectivity index (χ2v) is 11.5. The van der Waals surface area contributed by atoms with Gasteiger partial charge in [-0.3, -0.25) is 24.0 Å². The van der Waals surface area contributed by atoms with E-state index in [1.54, 1.807) is 0 Å². The van der Waals surface area contributed by atoms with Crippen molar-refractivity contribution in [2.45, 2.75) is 140 Å². The second kappa shape index (κ2) is 19.3. The molecule has 1 aromatic heterocycles. The molecule has 252 valence electrons. The zero-order valence-electron chi connectivity index (χ0n) is 25.9. The van der Waals surface area contributed by atoms with Crippen LogP contribution < -0.4 is 17.0 Å². The predicted molar refractivity (Wildman–Crippen MR) is 165 cm³/mol. The van der Waals surface area contributed by atoms with E-state index in [4.69, 9.17) is 19.9 Å². The highest BCUT2D eigenvalue weighted by atomic mass is 35.5. The monoisotopic (exact) mass is 646 g/mol. The summed E-state index contributed by atoms with van der Waals surface area (Å²) in [7, 11) is 1.17. The molecule has 0 unspecified atom stereocenters. The first-order valence-electron chi connectivity index (χ1n) is 15.8. The number of aliphatic hydroxyl groups excluding tert-OH is 2. The molecular formula is C30H51ClN4O9. The largest absolute Gasteiger partial charge is 0.467 e. The van der Waals surface area contributed by atoms with E-state index in [2.05, 4.69) is 11.9 Å². The van der Waals surface area contributed by atoms with Crippen LogP contribution >= 0.6 is 12.4 Å². The summed E-state index contributed by atoms with van der Waals surface area (Å²) in [6.07, 6.45) is 8.48. The smallest absolute Gasteiger partial charge is 0.331 e. The molecule has 7 atom stereocenters. The number of nitrogens with one attached hydrogen (secondary N) is 1. The zero-order chi connectivity index (χ0) is 31.4. The van der Waals surface area contributed by atoms with E-state index >= 15 is 0 Å². The molecule has 2 fully saturated rings. The molecule has 2 aliphatic heterocycles.